The number of nitrogens with zero attached hydrogens (tertiary/aromatic N) is 5. The van der Waals surface area contributed by atoms with Gasteiger partial charge < -0.3 is 10.0 Å². The van der Waals surface area contributed by atoms with Crippen molar-refractivity contribution in [2.45, 2.75) is 27.7 Å². The second-order valence-corrected chi connectivity index (χ2v) is 9.73. The van der Waals surface area contributed by atoms with Gasteiger partial charge in [0.2, 0.25) is 5.88 Å². The second-order valence-electron chi connectivity index (χ2n) is 8.88. The van der Waals surface area contributed by atoms with E-state index in [2.05, 4.69) is 30.8 Å². The summed E-state index contributed by atoms with van der Waals surface area (Å²) in [5.74, 6) is -0.529. The molecule has 0 aliphatic heterocycles. The van der Waals surface area contributed by atoms with Crippen LogP contribution in [0.5, 0.6) is 5.88 Å². The maximum atomic E-state index is 12.7. The summed E-state index contributed by atoms with van der Waals surface area (Å²) in [4.78, 5) is 46.9. The van der Waals surface area contributed by atoms with Crippen molar-refractivity contribution in [1.82, 2.24) is 18.7 Å². The molecule has 0 unspecified atom stereocenters. The Hall–Kier alpha value is -3.86. The Labute approximate surface area is 221 Å². The number of rotatable bonds is 6. The van der Waals surface area contributed by atoms with Crippen molar-refractivity contribution in [2.75, 3.05) is 18.0 Å². The van der Waals surface area contributed by atoms with E-state index in [9.17, 15) is 19.5 Å². The standard InChI is InChI=1S/C26H29BrN6O4/c1-7-32(8-2)20-12-22-21(30(5)26(37)31(22)6)11-18(20)28-13-16-23(34)29-25(36)33(24(16)35)19-10-15(4)14(3)9-17(19)27/h9-13,35H,7-8H2,1-6H3,(H,29,34,36). The molecule has 10 nitrogen and oxygen atoms in total. The Morgan fingerprint density at radius 1 is 1.00 bits per heavy atom. The normalized spacial score (nSPS) is 11.6. The molecule has 0 saturated heterocycles. The number of H-pyrrole nitrogens is 1. The highest BCUT2D eigenvalue weighted by molar-refractivity contribution is 9.10. The first kappa shape index (κ1) is 26.2. The van der Waals surface area contributed by atoms with Crippen molar-refractivity contribution in [3.63, 3.8) is 0 Å². The number of aromatic hydroxyl groups is 1. The molecular weight excluding hydrogens is 540 g/mol. The van der Waals surface area contributed by atoms with Crippen LogP contribution in [0, 0.1) is 13.8 Å². The number of benzene rings is 2. The molecule has 0 fully saturated rings. The molecule has 0 atom stereocenters. The molecule has 0 saturated carbocycles. The van der Waals surface area contributed by atoms with Crippen LogP contribution in [0.25, 0.3) is 16.7 Å². The van der Waals surface area contributed by atoms with Gasteiger partial charge in [0.15, 0.2) is 0 Å². The Morgan fingerprint density at radius 2 is 1.59 bits per heavy atom. The molecule has 2 aromatic carbocycles. The van der Waals surface area contributed by atoms with E-state index in [1.165, 1.54) is 10.8 Å². The van der Waals surface area contributed by atoms with Gasteiger partial charge in [-0.05, 0) is 79.0 Å². The quantitative estimate of drug-likeness (QED) is 0.346. The average Bonchev–Trinajstić information content (AvgIpc) is 3.06. The Morgan fingerprint density at radius 3 is 2.22 bits per heavy atom. The van der Waals surface area contributed by atoms with Crippen LogP contribution in [0.4, 0.5) is 11.4 Å². The van der Waals surface area contributed by atoms with E-state index in [4.69, 9.17) is 0 Å². The third-order valence-electron chi connectivity index (χ3n) is 6.73. The van der Waals surface area contributed by atoms with E-state index < -0.39 is 17.1 Å². The zero-order chi connectivity index (χ0) is 27.2. The van der Waals surface area contributed by atoms with Crippen molar-refractivity contribution < 1.29 is 5.11 Å². The lowest BCUT2D eigenvalue weighted by Crippen LogP contribution is -2.31. The Balaban J connectivity index is 1.95. The van der Waals surface area contributed by atoms with E-state index >= 15 is 0 Å². The lowest BCUT2D eigenvalue weighted by Gasteiger charge is -2.23. The van der Waals surface area contributed by atoms with Crippen LogP contribution in [0.2, 0.25) is 0 Å². The summed E-state index contributed by atoms with van der Waals surface area (Å²) in [6.07, 6.45) is 1.24. The Kier molecular flexibility index (Phi) is 7.00. The fourth-order valence-corrected chi connectivity index (χ4v) is 5.03. The molecule has 2 aromatic heterocycles. The molecule has 4 aromatic rings. The first-order valence-electron chi connectivity index (χ1n) is 11.8. The molecule has 0 spiro atoms. The maximum absolute atomic E-state index is 12.7. The van der Waals surface area contributed by atoms with Crippen LogP contribution in [-0.2, 0) is 14.1 Å². The highest BCUT2D eigenvalue weighted by Gasteiger charge is 2.19. The number of aliphatic imine (C=N–C) groups is 1. The molecule has 0 radical (unpaired) electrons. The molecule has 2 N–H and O–H groups in total. The third-order valence-corrected chi connectivity index (χ3v) is 7.37. The molecule has 0 aliphatic carbocycles. The number of halogens is 1. The van der Waals surface area contributed by atoms with Crippen molar-refractivity contribution in [1.29, 1.82) is 0 Å². The van der Waals surface area contributed by atoms with Crippen molar-refractivity contribution >= 4 is 44.6 Å². The van der Waals surface area contributed by atoms with E-state index in [1.54, 1.807) is 30.8 Å². The van der Waals surface area contributed by atoms with Gasteiger partial charge in [0.1, 0.15) is 5.56 Å². The topological polar surface area (TPSA) is 118 Å². The van der Waals surface area contributed by atoms with Crippen molar-refractivity contribution in [3.05, 3.63) is 76.8 Å². The number of imidazole rings is 1. The second kappa shape index (κ2) is 9.89. The number of aromatic amines is 1. The van der Waals surface area contributed by atoms with Crippen LogP contribution in [-0.4, -0.2) is 43.1 Å². The van der Waals surface area contributed by atoms with E-state index in [0.29, 0.717) is 34.5 Å². The monoisotopic (exact) mass is 568 g/mol. The molecule has 4 rings (SSSR count). The number of aromatic nitrogens is 4. The fraction of sp³-hybridized carbons (Fsp3) is 0.308. The van der Waals surface area contributed by atoms with Gasteiger partial charge in [-0.15, -0.1) is 0 Å². The minimum Gasteiger partial charge on any atom is -0.493 e. The van der Waals surface area contributed by atoms with E-state index in [1.807, 2.05) is 39.8 Å². The predicted molar refractivity (Wildman–Crippen MR) is 150 cm³/mol. The smallest absolute Gasteiger partial charge is 0.335 e. The van der Waals surface area contributed by atoms with Gasteiger partial charge in [-0.25, -0.2) is 14.2 Å². The number of hydrogen-bond donors (Lipinski definition) is 2. The summed E-state index contributed by atoms with van der Waals surface area (Å²) in [6, 6.07) is 7.27. The van der Waals surface area contributed by atoms with Gasteiger partial charge in [0.25, 0.3) is 5.56 Å². The number of fused-ring (bicyclic) bond motifs is 1. The van der Waals surface area contributed by atoms with Crippen LogP contribution < -0.4 is 21.8 Å². The number of anilines is 1. The molecular formula is C26H29BrN6O4. The zero-order valence-electron chi connectivity index (χ0n) is 21.6. The summed E-state index contributed by atoms with van der Waals surface area (Å²) in [6.45, 7) is 9.25. The summed E-state index contributed by atoms with van der Waals surface area (Å²) < 4.78 is 4.72. The number of hydrogen-bond acceptors (Lipinski definition) is 6. The molecule has 37 heavy (non-hydrogen) atoms. The van der Waals surface area contributed by atoms with Crippen LogP contribution in [0.1, 0.15) is 30.5 Å². The van der Waals surface area contributed by atoms with Gasteiger partial charge in [-0.3, -0.25) is 23.9 Å². The summed E-state index contributed by atoms with van der Waals surface area (Å²) in [7, 11) is 3.40. The van der Waals surface area contributed by atoms with Crippen LogP contribution in [0.15, 0.2) is 48.1 Å². The minimum atomic E-state index is -0.770. The molecule has 0 amide bonds. The first-order chi connectivity index (χ1) is 17.5. The van der Waals surface area contributed by atoms with Gasteiger partial charge in [-0.2, -0.15) is 0 Å². The highest BCUT2D eigenvalue weighted by atomic mass is 79.9. The van der Waals surface area contributed by atoms with Gasteiger partial charge in [0, 0.05) is 37.9 Å². The molecule has 2 heterocycles. The third kappa shape index (κ3) is 4.43. The molecule has 0 bridgehead atoms. The summed E-state index contributed by atoms with van der Waals surface area (Å²) in [5.41, 5.74) is 3.16. The number of aryl methyl sites for hydroxylation is 4. The zero-order valence-corrected chi connectivity index (χ0v) is 23.2. The van der Waals surface area contributed by atoms with Crippen LogP contribution in [0.3, 0.4) is 0 Å². The molecule has 11 heteroatoms. The molecule has 0 aliphatic rings. The largest absolute Gasteiger partial charge is 0.493 e. The van der Waals surface area contributed by atoms with E-state index in [-0.39, 0.29) is 11.3 Å². The number of nitrogens with one attached hydrogen (secondary N) is 1. The predicted octanol–water partition coefficient (Wildman–Crippen LogP) is 3.40. The summed E-state index contributed by atoms with van der Waals surface area (Å²) in [5, 5.41) is 11.1. The first-order valence-corrected chi connectivity index (χ1v) is 12.6. The SMILES string of the molecule is CCN(CC)c1cc2c(cc1N=Cc1c(O)n(-c3cc(C)c(C)cc3Br)c(=O)[nH]c1=O)n(C)c(=O)n2C. The Bertz CT molecular complexity index is 1740. The maximum Gasteiger partial charge on any atom is 0.335 e. The lowest BCUT2D eigenvalue weighted by molar-refractivity contribution is 0.430. The molecule has 194 valence electrons. The lowest BCUT2D eigenvalue weighted by atomic mass is 10.1. The van der Waals surface area contributed by atoms with Gasteiger partial charge in [0.05, 0.1) is 28.1 Å². The van der Waals surface area contributed by atoms with E-state index in [0.717, 1.165) is 26.9 Å². The van der Waals surface area contributed by atoms with Crippen molar-refractivity contribution in [3.8, 4) is 11.6 Å². The average molecular weight is 569 g/mol. The summed E-state index contributed by atoms with van der Waals surface area (Å²) >= 11 is 3.45. The van der Waals surface area contributed by atoms with Crippen molar-refractivity contribution in [2.24, 2.45) is 19.1 Å². The van der Waals surface area contributed by atoms with Gasteiger partial charge >= 0.3 is 11.4 Å². The minimum absolute atomic E-state index is 0.165. The fourth-order valence-electron chi connectivity index (χ4n) is 4.39. The van der Waals surface area contributed by atoms with Crippen LogP contribution >= 0.6 is 15.9 Å². The van der Waals surface area contributed by atoms with Gasteiger partial charge in [-0.1, -0.05) is 0 Å². The highest BCUT2D eigenvalue weighted by Crippen LogP contribution is 2.33.